The van der Waals surface area contributed by atoms with E-state index in [2.05, 4.69) is 25.3 Å². The average Bonchev–Trinajstić information content (AvgIpc) is 3.48. The van der Waals surface area contributed by atoms with Gasteiger partial charge in [-0.2, -0.15) is 0 Å². The van der Waals surface area contributed by atoms with E-state index >= 15 is 0 Å². The molecule has 3 rings (SSSR count). The van der Waals surface area contributed by atoms with Crippen molar-refractivity contribution >= 4 is 17.7 Å². The largest absolute Gasteiger partial charge is 0.497 e. The van der Waals surface area contributed by atoms with Crippen molar-refractivity contribution in [2.75, 3.05) is 12.9 Å². The molecular weight excluding hydrogens is 370 g/mol. The van der Waals surface area contributed by atoms with Gasteiger partial charge >= 0.3 is 0 Å². The van der Waals surface area contributed by atoms with E-state index in [9.17, 15) is 4.79 Å². The molecule has 0 atom stereocenters. The number of amides is 1. The molecule has 0 radical (unpaired) electrons. The first kappa shape index (κ1) is 20.8. The molecule has 1 aromatic heterocycles. The topological polar surface area (TPSA) is 47.4 Å². The van der Waals surface area contributed by atoms with E-state index in [1.807, 2.05) is 36.1 Å². The van der Waals surface area contributed by atoms with Gasteiger partial charge in [0.1, 0.15) is 5.75 Å². The SMILES string of the molecule is COc1ccc(CN(C(=O)CSc2nc(C)c(C)n2CC(C)C)C2CC2)cc1. The van der Waals surface area contributed by atoms with Gasteiger partial charge in [0.25, 0.3) is 0 Å². The number of ether oxygens (including phenoxy) is 1. The van der Waals surface area contributed by atoms with Crippen LogP contribution in [-0.2, 0) is 17.9 Å². The Morgan fingerprint density at radius 2 is 1.96 bits per heavy atom. The normalized spacial score (nSPS) is 13.8. The number of hydrogen-bond acceptors (Lipinski definition) is 4. The maximum atomic E-state index is 13.0. The number of thioether (sulfide) groups is 1. The van der Waals surface area contributed by atoms with Crippen molar-refractivity contribution in [2.24, 2.45) is 5.92 Å². The van der Waals surface area contributed by atoms with Crippen molar-refractivity contribution in [3.05, 3.63) is 41.2 Å². The molecule has 6 heteroatoms. The number of imidazole rings is 1. The number of carbonyl (C=O) groups is 1. The van der Waals surface area contributed by atoms with Gasteiger partial charge in [0.2, 0.25) is 5.91 Å². The van der Waals surface area contributed by atoms with Gasteiger partial charge in [-0.3, -0.25) is 4.79 Å². The zero-order valence-electron chi connectivity index (χ0n) is 17.6. The fourth-order valence-corrected chi connectivity index (χ4v) is 4.25. The molecule has 0 spiro atoms. The molecular formula is C22H31N3O2S. The highest BCUT2D eigenvalue weighted by atomic mass is 32.2. The first-order valence-corrected chi connectivity index (χ1v) is 11.0. The Labute approximate surface area is 172 Å². The summed E-state index contributed by atoms with van der Waals surface area (Å²) in [7, 11) is 1.67. The summed E-state index contributed by atoms with van der Waals surface area (Å²) in [5.41, 5.74) is 3.38. The molecule has 0 saturated heterocycles. The minimum atomic E-state index is 0.192. The van der Waals surface area contributed by atoms with Crippen LogP contribution in [0.15, 0.2) is 29.4 Å². The molecule has 5 nitrogen and oxygen atoms in total. The van der Waals surface area contributed by atoms with E-state index in [0.717, 1.165) is 41.5 Å². The minimum Gasteiger partial charge on any atom is -0.497 e. The Morgan fingerprint density at radius 1 is 1.29 bits per heavy atom. The minimum absolute atomic E-state index is 0.192. The van der Waals surface area contributed by atoms with Crippen LogP contribution in [0.3, 0.4) is 0 Å². The summed E-state index contributed by atoms with van der Waals surface area (Å²) in [4.78, 5) is 19.7. The van der Waals surface area contributed by atoms with Crippen molar-refractivity contribution in [1.82, 2.24) is 14.5 Å². The van der Waals surface area contributed by atoms with Gasteiger partial charge in [-0.05, 0) is 50.3 Å². The van der Waals surface area contributed by atoms with Gasteiger partial charge in [-0.1, -0.05) is 37.7 Å². The molecule has 28 heavy (non-hydrogen) atoms. The third-order valence-electron chi connectivity index (χ3n) is 5.12. The average molecular weight is 402 g/mol. The molecule has 1 saturated carbocycles. The second kappa shape index (κ2) is 9.03. The van der Waals surface area contributed by atoms with Gasteiger partial charge in [0.05, 0.1) is 18.6 Å². The Balaban J connectivity index is 1.66. The number of aryl methyl sites for hydroxylation is 1. The van der Waals surface area contributed by atoms with Gasteiger partial charge in [0, 0.05) is 24.8 Å². The maximum absolute atomic E-state index is 13.0. The lowest BCUT2D eigenvalue weighted by Crippen LogP contribution is -2.34. The molecule has 0 unspecified atom stereocenters. The summed E-state index contributed by atoms with van der Waals surface area (Å²) in [6.45, 7) is 10.2. The summed E-state index contributed by atoms with van der Waals surface area (Å²) in [5, 5.41) is 0.956. The van der Waals surface area contributed by atoms with Crippen molar-refractivity contribution in [2.45, 2.75) is 64.8 Å². The van der Waals surface area contributed by atoms with Crippen molar-refractivity contribution in [3.63, 3.8) is 0 Å². The summed E-state index contributed by atoms with van der Waals surface area (Å²) in [6, 6.07) is 8.36. The van der Waals surface area contributed by atoms with E-state index in [4.69, 9.17) is 9.72 Å². The number of nitrogens with zero attached hydrogens (tertiary/aromatic N) is 3. The van der Waals surface area contributed by atoms with Gasteiger partial charge in [-0.15, -0.1) is 0 Å². The zero-order chi connectivity index (χ0) is 20.3. The van der Waals surface area contributed by atoms with Crippen molar-refractivity contribution in [3.8, 4) is 5.75 Å². The molecule has 1 aliphatic rings. The lowest BCUT2D eigenvalue weighted by molar-refractivity contribution is -0.129. The third-order valence-corrected chi connectivity index (χ3v) is 6.08. The van der Waals surface area contributed by atoms with Crippen LogP contribution in [0.5, 0.6) is 5.75 Å². The Bertz CT molecular complexity index is 810. The second-order valence-electron chi connectivity index (χ2n) is 7.96. The van der Waals surface area contributed by atoms with Crippen LogP contribution in [0.4, 0.5) is 0 Å². The third kappa shape index (κ3) is 5.10. The van der Waals surface area contributed by atoms with E-state index in [0.29, 0.717) is 24.3 Å². The fourth-order valence-electron chi connectivity index (χ4n) is 3.26. The smallest absolute Gasteiger partial charge is 0.233 e. The van der Waals surface area contributed by atoms with Crippen LogP contribution < -0.4 is 4.74 Å². The highest BCUT2D eigenvalue weighted by Crippen LogP contribution is 2.30. The van der Waals surface area contributed by atoms with Crippen LogP contribution in [0.2, 0.25) is 0 Å². The highest BCUT2D eigenvalue weighted by molar-refractivity contribution is 7.99. The predicted octanol–water partition coefficient (Wildman–Crippen LogP) is 4.45. The molecule has 1 aliphatic carbocycles. The molecule has 152 valence electrons. The number of aromatic nitrogens is 2. The summed E-state index contributed by atoms with van der Waals surface area (Å²) in [5.74, 6) is 2.00. The number of rotatable bonds is 9. The maximum Gasteiger partial charge on any atom is 0.233 e. The fraction of sp³-hybridized carbons (Fsp3) is 0.545. The van der Waals surface area contributed by atoms with Crippen LogP contribution in [0, 0.1) is 19.8 Å². The van der Waals surface area contributed by atoms with Gasteiger partial charge < -0.3 is 14.2 Å². The molecule has 0 aliphatic heterocycles. The van der Waals surface area contributed by atoms with E-state index in [1.165, 1.54) is 5.69 Å². The van der Waals surface area contributed by atoms with Crippen LogP contribution >= 0.6 is 11.8 Å². The van der Waals surface area contributed by atoms with E-state index in [-0.39, 0.29) is 5.91 Å². The molecule has 2 aromatic rings. The lowest BCUT2D eigenvalue weighted by Gasteiger charge is -2.22. The first-order chi connectivity index (χ1) is 13.4. The Hall–Kier alpha value is -1.95. The van der Waals surface area contributed by atoms with Gasteiger partial charge in [0.15, 0.2) is 5.16 Å². The molecule has 1 heterocycles. The first-order valence-electron chi connectivity index (χ1n) is 9.98. The van der Waals surface area contributed by atoms with Crippen LogP contribution in [0.25, 0.3) is 0 Å². The van der Waals surface area contributed by atoms with E-state index < -0.39 is 0 Å². The van der Waals surface area contributed by atoms with Gasteiger partial charge in [-0.25, -0.2) is 4.98 Å². The van der Waals surface area contributed by atoms with E-state index in [1.54, 1.807) is 18.9 Å². The summed E-state index contributed by atoms with van der Waals surface area (Å²) < 4.78 is 7.48. The monoisotopic (exact) mass is 401 g/mol. The summed E-state index contributed by atoms with van der Waals surface area (Å²) in [6.07, 6.45) is 2.21. The number of hydrogen-bond donors (Lipinski definition) is 0. The molecule has 1 fully saturated rings. The van der Waals surface area contributed by atoms with Crippen LogP contribution in [0.1, 0.15) is 43.6 Å². The number of benzene rings is 1. The zero-order valence-corrected chi connectivity index (χ0v) is 18.4. The molecule has 0 bridgehead atoms. The Kier molecular flexibility index (Phi) is 6.70. The summed E-state index contributed by atoms with van der Waals surface area (Å²) >= 11 is 1.56. The number of methoxy groups -OCH3 is 1. The highest BCUT2D eigenvalue weighted by Gasteiger charge is 2.32. The predicted molar refractivity (Wildman–Crippen MR) is 114 cm³/mol. The second-order valence-corrected chi connectivity index (χ2v) is 8.90. The lowest BCUT2D eigenvalue weighted by atomic mass is 10.2. The van der Waals surface area contributed by atoms with Crippen LogP contribution in [-0.4, -0.2) is 39.3 Å². The standard InChI is InChI=1S/C22H31N3O2S/c1-15(2)12-24-17(4)16(3)23-22(24)28-14-21(26)25(19-8-9-19)13-18-6-10-20(27-5)11-7-18/h6-7,10-11,15,19H,8-9,12-14H2,1-5H3. The molecule has 0 N–H and O–H groups in total. The number of carbonyl (C=O) groups excluding carboxylic acids is 1. The molecule has 1 aromatic carbocycles. The van der Waals surface area contributed by atoms with Crippen molar-refractivity contribution in [1.29, 1.82) is 0 Å². The van der Waals surface area contributed by atoms with Crippen molar-refractivity contribution < 1.29 is 9.53 Å². The Morgan fingerprint density at radius 3 is 2.54 bits per heavy atom. The molecule has 1 amide bonds. The quantitative estimate of drug-likeness (QED) is 0.583.